The Kier molecular flexibility index (Phi) is 5.59. The van der Waals surface area contributed by atoms with Gasteiger partial charge in [0.15, 0.2) is 5.78 Å². The van der Waals surface area contributed by atoms with Gasteiger partial charge in [-0.1, -0.05) is 36.8 Å². The molecule has 190 valence electrons. The average molecular weight is 497 g/mol. The van der Waals surface area contributed by atoms with E-state index in [2.05, 4.69) is 0 Å². The number of hydrogen-bond acceptors (Lipinski definition) is 3. The van der Waals surface area contributed by atoms with Gasteiger partial charge in [-0.15, -0.1) is 0 Å². The van der Waals surface area contributed by atoms with Gasteiger partial charge in [0.05, 0.1) is 0 Å². The molecule has 5 rings (SSSR count). The van der Waals surface area contributed by atoms with Crippen molar-refractivity contribution in [2.75, 3.05) is 0 Å². The smallest absolute Gasteiger partial charge is 0.383 e. The van der Waals surface area contributed by atoms with E-state index >= 15 is 0 Å². The Morgan fingerprint density at radius 3 is 2.31 bits per heavy atom. The summed E-state index contributed by atoms with van der Waals surface area (Å²) >= 11 is 0. The van der Waals surface area contributed by atoms with Crippen LogP contribution in [0.5, 0.6) is 0 Å². The molecule has 1 aromatic carbocycles. The van der Waals surface area contributed by atoms with Crippen molar-refractivity contribution in [2.24, 2.45) is 29.1 Å². The second kappa shape index (κ2) is 7.95. The van der Waals surface area contributed by atoms with Gasteiger partial charge < -0.3 is 5.11 Å². The summed E-state index contributed by atoms with van der Waals surface area (Å²) in [6.07, 6.45) is -1.72. The summed E-state index contributed by atoms with van der Waals surface area (Å²) in [5.74, 6) is -6.12. The van der Waals surface area contributed by atoms with Crippen LogP contribution in [0.15, 0.2) is 35.9 Å². The van der Waals surface area contributed by atoms with Crippen LogP contribution in [0.1, 0.15) is 73.7 Å². The maximum atomic E-state index is 14.9. The van der Waals surface area contributed by atoms with Gasteiger partial charge in [0.25, 0.3) is 0 Å². The molecule has 4 aliphatic carbocycles. The number of halogens is 5. The van der Waals surface area contributed by atoms with Crippen LogP contribution in [0.25, 0.3) is 0 Å². The van der Waals surface area contributed by atoms with Crippen LogP contribution >= 0.6 is 0 Å². The molecule has 1 N–H and O–H groups in total. The molecule has 0 radical (unpaired) electrons. The van der Waals surface area contributed by atoms with Crippen LogP contribution in [-0.4, -0.2) is 34.9 Å². The van der Waals surface area contributed by atoms with Crippen LogP contribution in [-0.2, 0) is 4.79 Å². The SMILES string of the molecule is C[C@]12CC(c3ccc(C=O)cc3)C3C4CCC(=O)C=C4CCC3C1CCC2(O)C(F)(F)C(F)(F)F. The molecule has 7 atom stereocenters. The van der Waals surface area contributed by atoms with Crippen molar-refractivity contribution in [3.63, 3.8) is 0 Å². The molecule has 0 heterocycles. The number of hydrogen-bond donors (Lipinski definition) is 1. The van der Waals surface area contributed by atoms with Crippen LogP contribution in [0.2, 0.25) is 0 Å². The van der Waals surface area contributed by atoms with Gasteiger partial charge in [0, 0.05) is 17.4 Å². The Hall–Kier alpha value is -2.09. The number of carbonyl (C=O) groups is 2. The second-order valence-electron chi connectivity index (χ2n) is 11.2. The third-order valence-electron chi connectivity index (χ3n) is 9.83. The van der Waals surface area contributed by atoms with Gasteiger partial charge >= 0.3 is 12.1 Å². The molecule has 0 aromatic heterocycles. The highest BCUT2D eigenvalue weighted by molar-refractivity contribution is 5.91. The molecule has 35 heavy (non-hydrogen) atoms. The summed E-state index contributed by atoms with van der Waals surface area (Å²) < 4.78 is 70.6. The quantitative estimate of drug-likeness (QED) is 0.397. The van der Waals surface area contributed by atoms with Gasteiger partial charge in [0.2, 0.25) is 0 Å². The standard InChI is InChI=1S/C27H29F5O3/c1-24-13-21(16-4-2-15(14-33)3-5-16)23-19-9-7-18(34)12-17(19)6-8-20(23)22(24)10-11-25(24,35)26(28,29)27(30,31)32/h2-5,12,14,19-23,35H,6-11,13H2,1H3/t19?,20?,21?,22?,23?,24-,25?/m0/s1. The number of carbonyl (C=O) groups excluding carboxylic acids is 2. The van der Waals surface area contributed by atoms with Crippen LogP contribution in [0.3, 0.4) is 0 Å². The van der Waals surface area contributed by atoms with E-state index in [9.17, 15) is 36.6 Å². The molecule has 6 unspecified atom stereocenters. The molecule has 0 spiro atoms. The fraction of sp³-hybridized carbons (Fsp3) is 0.630. The lowest BCUT2D eigenvalue weighted by Gasteiger charge is -2.59. The summed E-state index contributed by atoms with van der Waals surface area (Å²) in [6.45, 7) is 1.42. The zero-order valence-electron chi connectivity index (χ0n) is 19.5. The largest absolute Gasteiger partial charge is 0.456 e. The molecule has 3 fully saturated rings. The highest BCUT2D eigenvalue weighted by Gasteiger charge is 2.79. The predicted octanol–water partition coefficient (Wildman–Crippen LogP) is 6.26. The van der Waals surface area contributed by atoms with Crippen LogP contribution < -0.4 is 0 Å². The summed E-state index contributed by atoms with van der Waals surface area (Å²) in [5.41, 5.74) is -2.58. The molecule has 0 saturated heterocycles. The molecule has 3 saturated carbocycles. The lowest BCUT2D eigenvalue weighted by molar-refractivity contribution is -0.364. The van der Waals surface area contributed by atoms with Gasteiger partial charge in [-0.05, 0) is 79.8 Å². The Morgan fingerprint density at radius 1 is 1.00 bits per heavy atom. The topological polar surface area (TPSA) is 54.4 Å². The summed E-state index contributed by atoms with van der Waals surface area (Å²) in [5, 5.41) is 11.2. The summed E-state index contributed by atoms with van der Waals surface area (Å²) in [4.78, 5) is 23.3. The number of alkyl halides is 5. The average Bonchev–Trinajstić information content (AvgIpc) is 3.09. The maximum Gasteiger partial charge on any atom is 0.456 e. The molecule has 0 aliphatic heterocycles. The Labute approximate surface area is 200 Å². The van der Waals surface area contributed by atoms with Crippen molar-refractivity contribution in [1.29, 1.82) is 0 Å². The molecule has 3 nitrogen and oxygen atoms in total. The number of fused-ring (bicyclic) bond motifs is 5. The monoisotopic (exact) mass is 496 g/mol. The van der Waals surface area contributed by atoms with E-state index in [0.717, 1.165) is 11.1 Å². The van der Waals surface area contributed by atoms with Crippen molar-refractivity contribution in [3.05, 3.63) is 47.0 Å². The number of aliphatic hydroxyl groups is 1. The Bertz CT molecular complexity index is 1060. The number of benzene rings is 1. The first-order chi connectivity index (χ1) is 16.3. The highest BCUT2D eigenvalue weighted by Crippen LogP contribution is 2.71. The first-order valence-electron chi connectivity index (χ1n) is 12.3. The zero-order chi connectivity index (χ0) is 25.4. The lowest BCUT2D eigenvalue weighted by atomic mass is 9.46. The van der Waals surface area contributed by atoms with Crippen LogP contribution in [0, 0.1) is 29.1 Å². The van der Waals surface area contributed by atoms with Crippen molar-refractivity contribution in [3.8, 4) is 0 Å². The minimum atomic E-state index is -5.86. The van der Waals surface area contributed by atoms with Crippen molar-refractivity contribution >= 4 is 12.1 Å². The molecule has 4 aliphatic rings. The van der Waals surface area contributed by atoms with E-state index in [1.807, 2.05) is 0 Å². The van der Waals surface area contributed by atoms with Gasteiger partial charge in [0.1, 0.15) is 11.9 Å². The number of allylic oxidation sites excluding steroid dienone is 1. The van der Waals surface area contributed by atoms with Gasteiger partial charge in [-0.2, -0.15) is 22.0 Å². The zero-order valence-corrected chi connectivity index (χ0v) is 19.5. The normalized spacial score (nSPS) is 39.3. The minimum Gasteiger partial charge on any atom is -0.383 e. The molecular formula is C27H29F5O3. The molecule has 0 amide bonds. The number of ketones is 1. The van der Waals surface area contributed by atoms with E-state index in [1.54, 1.807) is 30.3 Å². The fourth-order valence-electron chi connectivity index (χ4n) is 8.23. The van der Waals surface area contributed by atoms with Crippen LogP contribution in [0.4, 0.5) is 22.0 Å². The van der Waals surface area contributed by atoms with Gasteiger partial charge in [-0.25, -0.2) is 0 Å². The third kappa shape index (κ3) is 3.38. The van der Waals surface area contributed by atoms with E-state index in [-0.39, 0.29) is 42.3 Å². The number of aldehydes is 1. The first-order valence-corrected chi connectivity index (χ1v) is 12.3. The predicted molar refractivity (Wildman–Crippen MR) is 118 cm³/mol. The molecule has 0 bridgehead atoms. The van der Waals surface area contributed by atoms with E-state index in [0.29, 0.717) is 37.5 Å². The molecular weight excluding hydrogens is 467 g/mol. The Balaban J connectivity index is 1.63. The lowest BCUT2D eigenvalue weighted by Crippen LogP contribution is -2.66. The minimum absolute atomic E-state index is 0.0147. The first kappa shape index (κ1) is 24.6. The fourth-order valence-corrected chi connectivity index (χ4v) is 8.23. The molecule has 8 heteroatoms. The Morgan fingerprint density at radius 2 is 1.69 bits per heavy atom. The summed E-state index contributed by atoms with van der Waals surface area (Å²) in [7, 11) is 0. The van der Waals surface area contributed by atoms with E-state index in [1.165, 1.54) is 6.92 Å². The number of rotatable bonds is 3. The summed E-state index contributed by atoms with van der Waals surface area (Å²) in [6, 6.07) is 6.75. The molecule has 1 aromatic rings. The van der Waals surface area contributed by atoms with E-state index in [4.69, 9.17) is 0 Å². The van der Waals surface area contributed by atoms with Crippen molar-refractivity contribution in [2.45, 2.75) is 75.5 Å². The maximum absolute atomic E-state index is 14.9. The van der Waals surface area contributed by atoms with Crippen molar-refractivity contribution < 1.29 is 36.6 Å². The highest BCUT2D eigenvalue weighted by atomic mass is 19.4. The van der Waals surface area contributed by atoms with E-state index < -0.39 is 35.5 Å². The second-order valence-corrected chi connectivity index (χ2v) is 11.2. The van der Waals surface area contributed by atoms with Gasteiger partial charge in [-0.3, -0.25) is 9.59 Å². The van der Waals surface area contributed by atoms with Crippen molar-refractivity contribution in [1.82, 2.24) is 0 Å². The third-order valence-corrected chi connectivity index (χ3v) is 9.83.